The zero-order valence-corrected chi connectivity index (χ0v) is 14.0. The molecule has 0 saturated heterocycles. The molecule has 8 heteroatoms. The van der Waals surface area contributed by atoms with Gasteiger partial charge in [0, 0.05) is 23.0 Å². The van der Waals surface area contributed by atoms with Crippen molar-refractivity contribution in [3.05, 3.63) is 59.7 Å². The number of fused-ring (bicyclic) bond motifs is 1. The number of rotatable bonds is 5. The smallest absolute Gasteiger partial charge is 0.354 e. The standard InChI is InChI=1S/C19H15F5N2O/c20-12-3-1-11(2-4-12)18-14(6-8-17(27)25-10-19(22,23)24)15-9-13(21)5-7-16(15)26-18/h1-5,7,9,26H,6,8,10H2,(H,25,27). The predicted molar refractivity (Wildman–Crippen MR) is 91.0 cm³/mol. The fraction of sp³-hybridized carbons (Fsp3) is 0.211. The average molecular weight is 382 g/mol. The van der Waals surface area contributed by atoms with Gasteiger partial charge in [0.2, 0.25) is 5.91 Å². The lowest BCUT2D eigenvalue weighted by Crippen LogP contribution is -2.33. The molecule has 0 aliphatic carbocycles. The SMILES string of the molecule is O=C(CCc1c(-c2ccc(F)cc2)[nH]c2ccc(F)cc12)NCC(F)(F)F. The number of aryl methyl sites for hydroxylation is 1. The molecule has 3 nitrogen and oxygen atoms in total. The Morgan fingerprint density at radius 2 is 1.67 bits per heavy atom. The van der Waals surface area contributed by atoms with Crippen molar-refractivity contribution in [3.8, 4) is 11.3 Å². The summed E-state index contributed by atoms with van der Waals surface area (Å²) in [5.74, 6) is -1.66. The van der Waals surface area contributed by atoms with E-state index >= 15 is 0 Å². The zero-order valence-electron chi connectivity index (χ0n) is 14.0. The van der Waals surface area contributed by atoms with Crippen LogP contribution in [-0.4, -0.2) is 23.6 Å². The lowest BCUT2D eigenvalue weighted by Gasteiger charge is -2.09. The largest absolute Gasteiger partial charge is 0.405 e. The van der Waals surface area contributed by atoms with Crippen LogP contribution in [0.5, 0.6) is 0 Å². The van der Waals surface area contributed by atoms with Gasteiger partial charge in [0.1, 0.15) is 18.2 Å². The van der Waals surface area contributed by atoms with Crippen LogP contribution in [0.25, 0.3) is 22.2 Å². The Hall–Kier alpha value is -2.90. The van der Waals surface area contributed by atoms with E-state index in [-0.39, 0.29) is 12.8 Å². The van der Waals surface area contributed by atoms with Gasteiger partial charge in [0.25, 0.3) is 0 Å². The summed E-state index contributed by atoms with van der Waals surface area (Å²) in [5, 5.41) is 2.34. The molecule has 1 aromatic heterocycles. The van der Waals surface area contributed by atoms with Crippen LogP contribution >= 0.6 is 0 Å². The summed E-state index contributed by atoms with van der Waals surface area (Å²) in [6.07, 6.45) is -4.59. The fourth-order valence-electron chi connectivity index (χ4n) is 2.87. The van der Waals surface area contributed by atoms with E-state index in [0.29, 0.717) is 27.7 Å². The Morgan fingerprint density at radius 3 is 2.33 bits per heavy atom. The highest BCUT2D eigenvalue weighted by atomic mass is 19.4. The number of aromatic amines is 1. The first kappa shape index (κ1) is 18.9. The summed E-state index contributed by atoms with van der Waals surface area (Å²) >= 11 is 0. The van der Waals surface area contributed by atoms with E-state index in [2.05, 4.69) is 4.98 Å². The molecule has 0 atom stereocenters. The van der Waals surface area contributed by atoms with E-state index < -0.39 is 30.3 Å². The van der Waals surface area contributed by atoms with Crippen LogP contribution in [0.1, 0.15) is 12.0 Å². The lowest BCUT2D eigenvalue weighted by atomic mass is 10.0. The molecule has 1 heterocycles. The van der Waals surface area contributed by atoms with Gasteiger partial charge < -0.3 is 10.3 Å². The third kappa shape index (κ3) is 4.64. The second kappa shape index (κ2) is 7.38. The highest BCUT2D eigenvalue weighted by Crippen LogP contribution is 2.32. The number of H-pyrrole nitrogens is 1. The molecular weight excluding hydrogens is 367 g/mol. The van der Waals surface area contributed by atoms with Crippen LogP contribution in [0.3, 0.4) is 0 Å². The van der Waals surface area contributed by atoms with Crippen LogP contribution < -0.4 is 5.32 Å². The maximum absolute atomic E-state index is 13.7. The number of alkyl halides is 3. The normalized spacial score (nSPS) is 11.7. The molecule has 0 saturated carbocycles. The number of benzene rings is 2. The van der Waals surface area contributed by atoms with Gasteiger partial charge in [0.15, 0.2) is 0 Å². The molecule has 0 aliphatic rings. The molecule has 0 bridgehead atoms. The van der Waals surface area contributed by atoms with Crippen molar-refractivity contribution in [1.82, 2.24) is 10.3 Å². The Bertz CT molecular complexity index is 961. The Balaban J connectivity index is 1.90. The van der Waals surface area contributed by atoms with Gasteiger partial charge >= 0.3 is 6.18 Å². The quantitative estimate of drug-likeness (QED) is 0.616. The van der Waals surface area contributed by atoms with Crippen molar-refractivity contribution in [3.63, 3.8) is 0 Å². The van der Waals surface area contributed by atoms with Crippen molar-refractivity contribution < 1.29 is 26.7 Å². The number of hydrogen-bond donors (Lipinski definition) is 2. The highest BCUT2D eigenvalue weighted by Gasteiger charge is 2.27. The molecule has 2 N–H and O–H groups in total. The van der Waals surface area contributed by atoms with Crippen LogP contribution in [-0.2, 0) is 11.2 Å². The van der Waals surface area contributed by atoms with E-state index in [1.807, 2.05) is 5.32 Å². The van der Waals surface area contributed by atoms with Gasteiger partial charge in [0.05, 0.1) is 0 Å². The Kier molecular flexibility index (Phi) is 5.16. The zero-order chi connectivity index (χ0) is 19.6. The first-order valence-corrected chi connectivity index (χ1v) is 8.12. The molecule has 1 amide bonds. The number of halogens is 5. The number of hydrogen-bond acceptors (Lipinski definition) is 1. The van der Waals surface area contributed by atoms with Crippen molar-refractivity contribution in [2.24, 2.45) is 0 Å². The van der Waals surface area contributed by atoms with E-state index in [1.54, 1.807) is 0 Å². The van der Waals surface area contributed by atoms with Gasteiger partial charge in [-0.25, -0.2) is 8.78 Å². The van der Waals surface area contributed by atoms with Gasteiger partial charge in [-0.3, -0.25) is 4.79 Å². The molecule has 0 fully saturated rings. The lowest BCUT2D eigenvalue weighted by molar-refractivity contribution is -0.138. The van der Waals surface area contributed by atoms with Crippen molar-refractivity contribution in [2.45, 2.75) is 19.0 Å². The number of aromatic nitrogens is 1. The molecule has 2 aromatic carbocycles. The van der Waals surface area contributed by atoms with Crippen LogP contribution in [0.4, 0.5) is 22.0 Å². The molecule has 0 aliphatic heterocycles. The van der Waals surface area contributed by atoms with Gasteiger partial charge in [-0.05, 0) is 60.0 Å². The Labute approximate surface area is 151 Å². The maximum Gasteiger partial charge on any atom is 0.405 e. The monoisotopic (exact) mass is 382 g/mol. The second-order valence-corrected chi connectivity index (χ2v) is 6.07. The summed E-state index contributed by atoms with van der Waals surface area (Å²) < 4.78 is 63.5. The first-order valence-electron chi connectivity index (χ1n) is 8.12. The second-order valence-electron chi connectivity index (χ2n) is 6.07. The van der Waals surface area contributed by atoms with Crippen LogP contribution in [0.15, 0.2) is 42.5 Å². The Morgan fingerprint density at radius 1 is 1.00 bits per heavy atom. The van der Waals surface area contributed by atoms with E-state index in [1.165, 1.54) is 42.5 Å². The minimum atomic E-state index is -4.49. The molecule has 27 heavy (non-hydrogen) atoms. The number of nitrogens with one attached hydrogen (secondary N) is 2. The summed E-state index contributed by atoms with van der Waals surface area (Å²) in [5.41, 5.74) is 2.39. The van der Waals surface area contributed by atoms with Gasteiger partial charge in [-0.1, -0.05) is 0 Å². The van der Waals surface area contributed by atoms with Crippen molar-refractivity contribution in [1.29, 1.82) is 0 Å². The minimum Gasteiger partial charge on any atom is -0.354 e. The number of amides is 1. The highest BCUT2D eigenvalue weighted by molar-refractivity contribution is 5.91. The summed E-state index contributed by atoms with van der Waals surface area (Å²) in [7, 11) is 0. The summed E-state index contributed by atoms with van der Waals surface area (Å²) in [6, 6.07) is 9.69. The molecule has 0 unspecified atom stereocenters. The fourth-order valence-corrected chi connectivity index (χ4v) is 2.87. The molecular formula is C19H15F5N2O. The summed E-state index contributed by atoms with van der Waals surface area (Å²) in [4.78, 5) is 14.8. The third-order valence-electron chi connectivity index (χ3n) is 4.09. The maximum atomic E-state index is 13.7. The molecule has 142 valence electrons. The van der Waals surface area contributed by atoms with E-state index in [9.17, 15) is 26.7 Å². The van der Waals surface area contributed by atoms with E-state index in [4.69, 9.17) is 0 Å². The van der Waals surface area contributed by atoms with Crippen molar-refractivity contribution in [2.75, 3.05) is 6.54 Å². The minimum absolute atomic E-state index is 0.0971. The molecule has 0 radical (unpaired) electrons. The first-order chi connectivity index (χ1) is 12.7. The average Bonchev–Trinajstić information content (AvgIpc) is 2.96. The molecule has 3 rings (SSSR count). The summed E-state index contributed by atoms with van der Waals surface area (Å²) in [6.45, 7) is -1.40. The van der Waals surface area contributed by atoms with Gasteiger partial charge in [-0.15, -0.1) is 0 Å². The van der Waals surface area contributed by atoms with Crippen LogP contribution in [0, 0.1) is 11.6 Å². The number of carbonyl (C=O) groups is 1. The van der Waals surface area contributed by atoms with Crippen molar-refractivity contribution >= 4 is 16.8 Å². The molecule has 0 spiro atoms. The third-order valence-corrected chi connectivity index (χ3v) is 4.09. The molecule has 3 aromatic rings. The van der Waals surface area contributed by atoms with Crippen LogP contribution in [0.2, 0.25) is 0 Å². The van der Waals surface area contributed by atoms with E-state index in [0.717, 1.165) is 0 Å². The van der Waals surface area contributed by atoms with Gasteiger partial charge in [-0.2, -0.15) is 13.2 Å². The topological polar surface area (TPSA) is 44.9 Å². The number of carbonyl (C=O) groups excluding carboxylic acids is 1. The predicted octanol–water partition coefficient (Wildman–Crippen LogP) is 4.72.